The van der Waals surface area contributed by atoms with E-state index < -0.39 is 48.2 Å². The minimum Gasteiger partial charge on any atom is -0.431 e. The molecule has 0 N–H and O–H groups in total. The van der Waals surface area contributed by atoms with Gasteiger partial charge < -0.3 is 33.2 Å². The second-order valence-electron chi connectivity index (χ2n) is 14.8. The van der Waals surface area contributed by atoms with E-state index in [-0.39, 0.29) is 12.2 Å². The van der Waals surface area contributed by atoms with Crippen molar-refractivity contribution in [1.82, 2.24) is 0 Å². The Morgan fingerprint density at radius 1 is 0.773 bits per heavy atom. The lowest BCUT2D eigenvalue weighted by atomic mass is 9.75. The third-order valence-corrected chi connectivity index (χ3v) is 11.3. The predicted molar refractivity (Wildman–Crippen MR) is 163 cm³/mol. The van der Waals surface area contributed by atoms with Crippen LogP contribution in [0.4, 0.5) is 4.79 Å². The summed E-state index contributed by atoms with van der Waals surface area (Å²) >= 11 is 0. The Balaban J connectivity index is 1.18. The maximum atomic E-state index is 13.7. The van der Waals surface area contributed by atoms with Gasteiger partial charge in [0.1, 0.15) is 36.6 Å². The van der Waals surface area contributed by atoms with E-state index in [9.17, 15) is 4.79 Å². The quantitative estimate of drug-likeness (QED) is 0.306. The van der Waals surface area contributed by atoms with Crippen molar-refractivity contribution < 1.29 is 38.0 Å². The fourth-order valence-corrected chi connectivity index (χ4v) is 8.96. The molecular weight excluding hydrogens is 560 g/mol. The average molecular weight is 613 g/mol. The number of benzene rings is 1. The zero-order valence-electron chi connectivity index (χ0n) is 26.8. The largest absolute Gasteiger partial charge is 0.509 e. The van der Waals surface area contributed by atoms with Crippen molar-refractivity contribution in [2.45, 2.75) is 165 Å². The summed E-state index contributed by atoms with van der Waals surface area (Å²) in [6.45, 7) is 7.03. The van der Waals surface area contributed by atoms with Crippen molar-refractivity contribution in [3.05, 3.63) is 35.9 Å². The van der Waals surface area contributed by atoms with Gasteiger partial charge in [-0.05, 0) is 61.8 Å². The van der Waals surface area contributed by atoms with Crippen LogP contribution in [-0.4, -0.2) is 60.5 Å². The Morgan fingerprint density at radius 3 is 1.93 bits per heavy atom. The van der Waals surface area contributed by atoms with Crippen LogP contribution in [0, 0.1) is 17.8 Å². The lowest BCUT2D eigenvalue weighted by Crippen LogP contribution is -2.63. The van der Waals surface area contributed by atoms with Crippen LogP contribution in [-0.2, 0) is 39.8 Å². The Bertz CT molecular complexity index is 1110. The van der Waals surface area contributed by atoms with E-state index in [4.69, 9.17) is 33.2 Å². The third-order valence-electron chi connectivity index (χ3n) is 11.3. The summed E-state index contributed by atoms with van der Waals surface area (Å²) in [6, 6.07) is 10.1. The molecule has 0 aromatic heterocycles. The molecule has 1 aromatic carbocycles. The molecule has 2 saturated heterocycles. The summed E-state index contributed by atoms with van der Waals surface area (Å²) in [4.78, 5) is 13.7. The average Bonchev–Trinajstić information content (AvgIpc) is 3.56. The monoisotopic (exact) mass is 612 g/mol. The molecule has 9 atom stereocenters. The number of hydrogen-bond donors (Lipinski definition) is 0. The van der Waals surface area contributed by atoms with Gasteiger partial charge in [-0.3, -0.25) is 0 Å². The highest BCUT2D eigenvalue weighted by Crippen LogP contribution is 2.52. The lowest BCUT2D eigenvalue weighted by molar-refractivity contribution is -0.229. The van der Waals surface area contributed by atoms with Crippen molar-refractivity contribution in [2.24, 2.45) is 17.8 Å². The van der Waals surface area contributed by atoms with Crippen LogP contribution in [0.2, 0.25) is 0 Å². The maximum absolute atomic E-state index is 13.7. The molecule has 7 rings (SSSR count). The van der Waals surface area contributed by atoms with Gasteiger partial charge in [0.05, 0.1) is 6.61 Å². The number of carbonyl (C=O) groups excluding carboxylic acids is 1. The number of hydrogen-bond acceptors (Lipinski definition) is 8. The van der Waals surface area contributed by atoms with Crippen LogP contribution in [0.15, 0.2) is 30.3 Å². The second kappa shape index (κ2) is 12.8. The second-order valence-corrected chi connectivity index (χ2v) is 14.8. The van der Waals surface area contributed by atoms with Gasteiger partial charge in [-0.25, -0.2) is 4.79 Å². The highest BCUT2D eigenvalue weighted by molar-refractivity contribution is 5.60. The smallest absolute Gasteiger partial charge is 0.431 e. The Kier molecular flexibility index (Phi) is 9.01. The standard InChI is InChI=1S/C36H52O8/c1-23(2)26-16-15-24(3)21-27(26)39-34(37)40-29-28(38-22-25-13-7-4-8-14-25)30-32(43-35(41-30)17-9-5-10-18-35)33-31(29)42-36(44-33)19-11-6-12-20-36/h4,7-8,13-14,23-24,26-33H,5-6,9-12,15-22H2,1-3H3/t24-,26-,27+,28+,29-,30+,31-,32-,33-/m1/s1. The maximum Gasteiger partial charge on any atom is 0.509 e. The summed E-state index contributed by atoms with van der Waals surface area (Å²) in [6.07, 6.45) is 9.09. The van der Waals surface area contributed by atoms with Crippen LogP contribution < -0.4 is 0 Å². The summed E-state index contributed by atoms with van der Waals surface area (Å²) in [5, 5.41) is 0. The van der Waals surface area contributed by atoms with Gasteiger partial charge in [0.25, 0.3) is 0 Å². The third kappa shape index (κ3) is 6.18. The topological polar surface area (TPSA) is 81.7 Å². The molecule has 8 heteroatoms. The van der Waals surface area contributed by atoms with Gasteiger partial charge in [-0.2, -0.15) is 0 Å². The SMILES string of the molecule is CC(C)[C@H]1CC[C@@H](C)C[C@@H]1OC(=O)O[C@@H]1[C@H](OCc2ccccc2)[C@@H]2OC3(CCCCC3)O[C@H]2[C@@H]2OC3(CCCCC3)O[C@H]12. The number of carbonyl (C=O) groups is 1. The van der Waals surface area contributed by atoms with Gasteiger partial charge in [-0.15, -0.1) is 0 Å². The molecule has 0 amide bonds. The Labute approximate surface area is 262 Å². The summed E-state index contributed by atoms with van der Waals surface area (Å²) in [5.74, 6) is -0.0863. The molecule has 4 aliphatic carbocycles. The van der Waals surface area contributed by atoms with Gasteiger partial charge in [0.15, 0.2) is 17.7 Å². The summed E-state index contributed by atoms with van der Waals surface area (Å²) < 4.78 is 46.7. The van der Waals surface area contributed by atoms with E-state index in [0.717, 1.165) is 76.2 Å². The molecule has 6 aliphatic rings. The van der Waals surface area contributed by atoms with E-state index >= 15 is 0 Å². The molecule has 2 aliphatic heterocycles. The fraction of sp³-hybridized carbons (Fsp3) is 0.806. The summed E-state index contributed by atoms with van der Waals surface area (Å²) in [5.41, 5.74) is 1.04. The number of fused-ring (bicyclic) bond motifs is 3. The molecule has 2 spiro atoms. The molecule has 0 radical (unpaired) electrons. The van der Waals surface area contributed by atoms with Gasteiger partial charge in [0, 0.05) is 25.7 Å². The lowest BCUT2D eigenvalue weighted by Gasteiger charge is -2.42. The van der Waals surface area contributed by atoms with Crippen molar-refractivity contribution in [2.75, 3.05) is 0 Å². The zero-order valence-corrected chi connectivity index (χ0v) is 26.8. The number of rotatable bonds is 6. The highest BCUT2D eigenvalue weighted by Gasteiger charge is 2.67. The Hall–Kier alpha value is -1.71. The first kappa shape index (κ1) is 30.9. The molecule has 6 fully saturated rings. The van der Waals surface area contributed by atoms with Crippen LogP contribution in [0.25, 0.3) is 0 Å². The molecule has 2 heterocycles. The van der Waals surface area contributed by atoms with Crippen molar-refractivity contribution in [3.63, 3.8) is 0 Å². The van der Waals surface area contributed by atoms with Crippen LogP contribution in [0.1, 0.15) is 110 Å². The van der Waals surface area contributed by atoms with E-state index in [1.807, 2.05) is 30.3 Å². The molecular formula is C36H52O8. The first-order valence-corrected chi connectivity index (χ1v) is 17.6. The fourth-order valence-electron chi connectivity index (χ4n) is 8.96. The predicted octanol–water partition coefficient (Wildman–Crippen LogP) is 7.46. The van der Waals surface area contributed by atoms with Crippen LogP contribution >= 0.6 is 0 Å². The van der Waals surface area contributed by atoms with E-state index in [1.54, 1.807) is 0 Å². The van der Waals surface area contributed by atoms with Crippen molar-refractivity contribution >= 4 is 6.16 Å². The first-order chi connectivity index (χ1) is 21.3. The molecule has 8 nitrogen and oxygen atoms in total. The van der Waals surface area contributed by atoms with Crippen LogP contribution in [0.5, 0.6) is 0 Å². The molecule has 0 bridgehead atoms. The summed E-state index contributed by atoms with van der Waals surface area (Å²) in [7, 11) is 0. The van der Waals surface area contributed by atoms with E-state index in [2.05, 4.69) is 20.8 Å². The highest BCUT2D eigenvalue weighted by atomic mass is 16.8. The van der Waals surface area contributed by atoms with Gasteiger partial charge in [-0.1, -0.05) is 70.4 Å². The van der Waals surface area contributed by atoms with Crippen molar-refractivity contribution in [1.29, 1.82) is 0 Å². The first-order valence-electron chi connectivity index (χ1n) is 17.6. The molecule has 4 saturated carbocycles. The van der Waals surface area contributed by atoms with Crippen molar-refractivity contribution in [3.8, 4) is 0 Å². The minimum atomic E-state index is -0.750. The van der Waals surface area contributed by atoms with Gasteiger partial charge in [0.2, 0.25) is 0 Å². The molecule has 44 heavy (non-hydrogen) atoms. The van der Waals surface area contributed by atoms with E-state index in [0.29, 0.717) is 24.4 Å². The zero-order chi connectivity index (χ0) is 30.3. The van der Waals surface area contributed by atoms with Crippen LogP contribution in [0.3, 0.4) is 0 Å². The molecule has 244 valence electrons. The van der Waals surface area contributed by atoms with Gasteiger partial charge >= 0.3 is 6.16 Å². The number of ether oxygens (including phenoxy) is 7. The molecule has 0 unspecified atom stereocenters. The van der Waals surface area contributed by atoms with E-state index in [1.165, 1.54) is 12.8 Å². The molecule has 1 aromatic rings. The Morgan fingerprint density at radius 2 is 1.34 bits per heavy atom. The minimum absolute atomic E-state index is 0.163. The normalized spacial score (nSPS) is 39.2.